The number of halogens is 1. The molecule has 1 saturated carbocycles. The van der Waals surface area contributed by atoms with E-state index in [2.05, 4.69) is 27.8 Å². The van der Waals surface area contributed by atoms with Crippen LogP contribution in [0.5, 0.6) is 0 Å². The lowest BCUT2D eigenvalue weighted by molar-refractivity contribution is -0.136. The Hall–Kier alpha value is -0.0500. The van der Waals surface area contributed by atoms with Crippen LogP contribution in [0.4, 0.5) is 0 Å². The molecule has 2 nitrogen and oxygen atoms in total. The lowest BCUT2D eigenvalue weighted by Gasteiger charge is -2.23. The number of nitrogens with zero attached hydrogens (tertiary/aromatic N) is 1. The Labute approximate surface area is 94.2 Å². The van der Waals surface area contributed by atoms with Crippen LogP contribution in [-0.2, 0) is 4.79 Å². The van der Waals surface area contributed by atoms with Gasteiger partial charge in [-0.15, -0.1) is 0 Å². The Morgan fingerprint density at radius 1 is 1.36 bits per heavy atom. The first-order chi connectivity index (χ1) is 6.62. The lowest BCUT2D eigenvalue weighted by atomic mass is 10.1. The number of carbonyl (C=O) groups is 1. The summed E-state index contributed by atoms with van der Waals surface area (Å²) in [6.45, 7) is 4.02. The van der Waals surface area contributed by atoms with Crippen LogP contribution in [0.3, 0.4) is 0 Å². The zero-order valence-corrected chi connectivity index (χ0v) is 10.3. The van der Waals surface area contributed by atoms with E-state index >= 15 is 0 Å². The van der Waals surface area contributed by atoms with Gasteiger partial charge in [-0.25, -0.2) is 0 Å². The van der Waals surface area contributed by atoms with Gasteiger partial charge < -0.3 is 4.90 Å². The molecular weight excluding hydrogens is 242 g/mol. The summed E-state index contributed by atoms with van der Waals surface area (Å²) in [7, 11) is 0. The summed E-state index contributed by atoms with van der Waals surface area (Å²) in [5.41, 5.74) is 0.0200. The lowest BCUT2D eigenvalue weighted by Crippen LogP contribution is -2.36. The molecule has 2 rings (SSSR count). The Morgan fingerprint density at radius 3 is 2.71 bits per heavy atom. The quantitative estimate of drug-likeness (QED) is 0.663. The van der Waals surface area contributed by atoms with Crippen LogP contribution < -0.4 is 0 Å². The number of carbonyl (C=O) groups excluding carboxylic acids is 1. The van der Waals surface area contributed by atoms with Gasteiger partial charge in [0.2, 0.25) is 5.91 Å². The Kier molecular flexibility index (Phi) is 2.87. The molecule has 0 bridgehead atoms. The summed E-state index contributed by atoms with van der Waals surface area (Å²) in [5, 5.41) is 0. The Morgan fingerprint density at radius 2 is 2.07 bits per heavy atom. The van der Waals surface area contributed by atoms with Gasteiger partial charge in [-0.05, 0) is 32.1 Å². The molecule has 1 heterocycles. The highest BCUT2D eigenvalue weighted by atomic mass is 79.9. The summed E-state index contributed by atoms with van der Waals surface area (Å²) < 4.78 is 0. The molecule has 14 heavy (non-hydrogen) atoms. The minimum atomic E-state index is 0.0200. The summed E-state index contributed by atoms with van der Waals surface area (Å²) in [5.74, 6) is 0.402. The molecule has 0 spiro atoms. The predicted octanol–water partition coefficient (Wildman–Crippen LogP) is 2.56. The van der Waals surface area contributed by atoms with Crippen molar-refractivity contribution in [2.24, 2.45) is 5.41 Å². The first-order valence-electron chi connectivity index (χ1n) is 5.55. The number of hydrogen-bond acceptors (Lipinski definition) is 1. The smallest absolute Gasteiger partial charge is 0.228 e. The highest BCUT2D eigenvalue weighted by molar-refractivity contribution is 9.09. The highest BCUT2D eigenvalue weighted by Gasteiger charge is 2.47. The van der Waals surface area contributed by atoms with Gasteiger partial charge in [0.15, 0.2) is 0 Å². The molecule has 2 fully saturated rings. The van der Waals surface area contributed by atoms with Crippen LogP contribution >= 0.6 is 15.9 Å². The van der Waals surface area contributed by atoms with E-state index in [1.165, 1.54) is 6.42 Å². The largest absolute Gasteiger partial charge is 0.342 e. The second-order valence-corrected chi connectivity index (χ2v) is 6.18. The van der Waals surface area contributed by atoms with Gasteiger partial charge in [-0.2, -0.15) is 0 Å². The maximum Gasteiger partial charge on any atom is 0.228 e. The molecule has 0 aromatic rings. The van der Waals surface area contributed by atoms with Crippen LogP contribution in [0.25, 0.3) is 0 Å². The molecule has 0 radical (unpaired) electrons. The standard InChI is InChI=1S/C11H18BrNO/c1-11(5-6-11)10(14)13-7-2-3-9(12)4-8-13/h9H,2-8H2,1H3. The third kappa shape index (κ3) is 2.13. The van der Waals surface area contributed by atoms with Gasteiger partial charge in [0.1, 0.15) is 0 Å². The summed E-state index contributed by atoms with van der Waals surface area (Å²) >= 11 is 3.64. The van der Waals surface area contributed by atoms with Crippen molar-refractivity contribution in [3.8, 4) is 0 Å². The molecule has 1 saturated heterocycles. The van der Waals surface area contributed by atoms with Gasteiger partial charge in [0.05, 0.1) is 0 Å². The number of rotatable bonds is 1. The van der Waals surface area contributed by atoms with Gasteiger partial charge in [-0.1, -0.05) is 22.9 Å². The van der Waals surface area contributed by atoms with Crippen molar-refractivity contribution in [1.29, 1.82) is 0 Å². The summed E-state index contributed by atoms with van der Waals surface area (Å²) in [4.78, 5) is 14.7. The molecule has 3 heteroatoms. The molecule has 1 atom stereocenters. The van der Waals surface area contributed by atoms with E-state index in [0.717, 1.165) is 38.8 Å². The number of likely N-dealkylation sites (tertiary alicyclic amines) is 1. The van der Waals surface area contributed by atoms with Crippen LogP contribution in [0.1, 0.15) is 39.0 Å². The van der Waals surface area contributed by atoms with E-state index in [9.17, 15) is 4.79 Å². The minimum Gasteiger partial charge on any atom is -0.342 e. The molecule has 1 amide bonds. The van der Waals surface area contributed by atoms with E-state index in [1.54, 1.807) is 0 Å². The van der Waals surface area contributed by atoms with E-state index in [4.69, 9.17) is 0 Å². The zero-order chi connectivity index (χ0) is 10.2. The highest BCUT2D eigenvalue weighted by Crippen LogP contribution is 2.46. The van der Waals surface area contributed by atoms with Gasteiger partial charge in [0, 0.05) is 23.3 Å². The fourth-order valence-corrected chi connectivity index (χ4v) is 2.57. The fraction of sp³-hybridized carbons (Fsp3) is 0.909. The van der Waals surface area contributed by atoms with Crippen LogP contribution in [0, 0.1) is 5.41 Å². The first kappa shape index (κ1) is 10.5. The van der Waals surface area contributed by atoms with E-state index < -0.39 is 0 Å². The second kappa shape index (κ2) is 3.84. The van der Waals surface area contributed by atoms with Crippen LogP contribution in [-0.4, -0.2) is 28.7 Å². The topological polar surface area (TPSA) is 20.3 Å². The third-order valence-electron chi connectivity index (χ3n) is 3.46. The third-order valence-corrected chi connectivity index (χ3v) is 4.38. The van der Waals surface area contributed by atoms with Gasteiger partial charge in [-0.3, -0.25) is 4.79 Å². The molecule has 1 aliphatic carbocycles. The van der Waals surface area contributed by atoms with Crippen molar-refractivity contribution in [3.05, 3.63) is 0 Å². The first-order valence-corrected chi connectivity index (χ1v) is 6.47. The maximum absolute atomic E-state index is 12.1. The minimum absolute atomic E-state index is 0.0200. The average Bonchev–Trinajstić information content (AvgIpc) is 2.91. The molecule has 0 N–H and O–H groups in total. The van der Waals surface area contributed by atoms with Gasteiger partial charge >= 0.3 is 0 Å². The molecular formula is C11H18BrNO. The SMILES string of the molecule is CC1(C(=O)N2CCCC(Br)CC2)CC1. The molecule has 1 unspecified atom stereocenters. The molecule has 2 aliphatic rings. The summed E-state index contributed by atoms with van der Waals surface area (Å²) in [6.07, 6.45) is 5.67. The number of hydrogen-bond donors (Lipinski definition) is 0. The molecule has 1 aliphatic heterocycles. The monoisotopic (exact) mass is 259 g/mol. The van der Waals surface area contributed by atoms with Crippen molar-refractivity contribution in [2.75, 3.05) is 13.1 Å². The van der Waals surface area contributed by atoms with Crippen molar-refractivity contribution in [2.45, 2.75) is 43.9 Å². The van der Waals surface area contributed by atoms with Crippen LogP contribution in [0.2, 0.25) is 0 Å². The number of alkyl halides is 1. The molecule has 0 aromatic carbocycles. The maximum atomic E-state index is 12.1. The normalized spacial score (nSPS) is 31.0. The van der Waals surface area contributed by atoms with Gasteiger partial charge in [0.25, 0.3) is 0 Å². The van der Waals surface area contributed by atoms with Crippen molar-refractivity contribution in [3.63, 3.8) is 0 Å². The van der Waals surface area contributed by atoms with E-state index in [1.807, 2.05) is 0 Å². The van der Waals surface area contributed by atoms with Crippen molar-refractivity contribution < 1.29 is 4.79 Å². The van der Waals surface area contributed by atoms with Crippen molar-refractivity contribution in [1.82, 2.24) is 4.90 Å². The summed E-state index contributed by atoms with van der Waals surface area (Å²) in [6, 6.07) is 0. The Bertz CT molecular complexity index is 237. The number of amides is 1. The van der Waals surface area contributed by atoms with E-state index in [-0.39, 0.29) is 5.41 Å². The van der Waals surface area contributed by atoms with E-state index in [0.29, 0.717) is 10.7 Å². The molecule has 0 aromatic heterocycles. The predicted molar refractivity (Wildman–Crippen MR) is 60.5 cm³/mol. The fourth-order valence-electron chi connectivity index (χ4n) is 2.04. The average molecular weight is 260 g/mol. The Balaban J connectivity index is 1.93. The zero-order valence-electron chi connectivity index (χ0n) is 8.76. The van der Waals surface area contributed by atoms with Crippen LogP contribution in [0.15, 0.2) is 0 Å². The molecule has 80 valence electrons. The van der Waals surface area contributed by atoms with Crippen molar-refractivity contribution >= 4 is 21.8 Å². The second-order valence-electron chi connectivity index (χ2n) is 4.88.